The van der Waals surface area contributed by atoms with Crippen LogP contribution < -0.4 is 5.73 Å². The van der Waals surface area contributed by atoms with E-state index in [-0.39, 0.29) is 11.1 Å². The number of carbonyl (C=O) groups is 2. The van der Waals surface area contributed by atoms with Crippen molar-refractivity contribution in [2.45, 2.75) is 26.3 Å². The second-order valence-corrected chi connectivity index (χ2v) is 6.44. The number of nitrogens with two attached hydrogens (primary N) is 1. The van der Waals surface area contributed by atoms with E-state index in [1.165, 1.54) is 0 Å². The normalized spacial score (nSPS) is 11.3. The number of ether oxygens (including phenoxy) is 1. The lowest BCUT2D eigenvalue weighted by Gasteiger charge is -2.18. The highest BCUT2D eigenvalue weighted by Gasteiger charge is 2.25. The number of rotatable bonds is 4. The van der Waals surface area contributed by atoms with Crippen LogP contribution in [0.3, 0.4) is 0 Å². The van der Waals surface area contributed by atoms with E-state index in [9.17, 15) is 9.59 Å². The van der Waals surface area contributed by atoms with Crippen molar-refractivity contribution in [3.63, 3.8) is 0 Å². The molecule has 1 heterocycles. The Morgan fingerprint density at radius 3 is 2.52 bits per heavy atom. The van der Waals surface area contributed by atoms with Crippen LogP contribution in [0.15, 0.2) is 30.5 Å². The van der Waals surface area contributed by atoms with E-state index < -0.39 is 18.5 Å². The summed E-state index contributed by atoms with van der Waals surface area (Å²) in [6, 6.07) is 7.07. The van der Waals surface area contributed by atoms with Crippen molar-refractivity contribution < 1.29 is 14.3 Å². The van der Waals surface area contributed by atoms with Gasteiger partial charge in [-0.05, 0) is 26.8 Å². The summed E-state index contributed by atoms with van der Waals surface area (Å²) in [6.45, 7) is 5.38. The van der Waals surface area contributed by atoms with Gasteiger partial charge in [-0.3, -0.25) is 9.48 Å². The molecule has 7 heteroatoms. The zero-order valence-electron chi connectivity index (χ0n) is 13.2. The van der Waals surface area contributed by atoms with Gasteiger partial charge in [-0.2, -0.15) is 5.10 Å². The summed E-state index contributed by atoms with van der Waals surface area (Å²) < 4.78 is 6.57. The molecule has 1 aromatic carbocycles. The monoisotopic (exact) mass is 335 g/mol. The van der Waals surface area contributed by atoms with Gasteiger partial charge in [0.1, 0.15) is 11.3 Å². The summed E-state index contributed by atoms with van der Waals surface area (Å²) >= 11 is 6.21. The Morgan fingerprint density at radius 1 is 1.30 bits per heavy atom. The Morgan fingerprint density at radius 2 is 1.96 bits per heavy atom. The zero-order chi connectivity index (χ0) is 17.2. The third-order valence-corrected chi connectivity index (χ3v) is 3.43. The Bertz CT molecular complexity index is 747. The van der Waals surface area contributed by atoms with Crippen molar-refractivity contribution >= 4 is 23.5 Å². The number of hydrogen-bond acceptors (Lipinski definition) is 4. The second-order valence-electron chi connectivity index (χ2n) is 6.03. The van der Waals surface area contributed by atoms with Gasteiger partial charge in [0, 0.05) is 11.8 Å². The number of esters is 1. The molecule has 0 atom stereocenters. The van der Waals surface area contributed by atoms with E-state index in [1.54, 1.807) is 35.1 Å². The lowest BCUT2D eigenvalue weighted by molar-refractivity contribution is -0.121. The first-order valence-electron chi connectivity index (χ1n) is 7.00. The van der Waals surface area contributed by atoms with E-state index in [0.717, 1.165) is 0 Å². The lowest BCUT2D eigenvalue weighted by atomic mass is 10.1. The molecule has 0 radical (unpaired) electrons. The summed E-state index contributed by atoms with van der Waals surface area (Å²) in [5, 5.41) is 4.94. The first-order valence-corrected chi connectivity index (χ1v) is 7.38. The number of carbonyl (C=O) groups excluding carboxylic acids is 2. The van der Waals surface area contributed by atoms with E-state index in [2.05, 4.69) is 5.10 Å². The number of benzene rings is 1. The third kappa shape index (κ3) is 3.90. The van der Waals surface area contributed by atoms with Crippen molar-refractivity contribution in [1.82, 2.24) is 9.78 Å². The molecule has 0 aliphatic rings. The van der Waals surface area contributed by atoms with Crippen LogP contribution in [0.25, 0.3) is 11.3 Å². The fraction of sp³-hybridized carbons (Fsp3) is 0.312. The van der Waals surface area contributed by atoms with Gasteiger partial charge >= 0.3 is 5.97 Å². The molecule has 0 spiro atoms. The molecule has 0 fully saturated rings. The molecule has 2 rings (SSSR count). The van der Waals surface area contributed by atoms with Gasteiger partial charge in [0.05, 0.1) is 10.6 Å². The van der Waals surface area contributed by atoms with Crippen LogP contribution in [-0.2, 0) is 15.1 Å². The van der Waals surface area contributed by atoms with Gasteiger partial charge in [0.15, 0.2) is 6.61 Å². The van der Waals surface area contributed by atoms with Crippen molar-refractivity contribution in [1.29, 1.82) is 0 Å². The highest BCUT2D eigenvalue weighted by atomic mass is 35.5. The minimum atomic E-state index is -0.721. The second kappa shape index (κ2) is 6.42. The van der Waals surface area contributed by atoms with Crippen LogP contribution in [-0.4, -0.2) is 28.3 Å². The topological polar surface area (TPSA) is 87.2 Å². The van der Waals surface area contributed by atoms with E-state index in [1.807, 2.05) is 20.8 Å². The molecule has 1 aromatic heterocycles. The number of aromatic nitrogens is 2. The van der Waals surface area contributed by atoms with Crippen molar-refractivity contribution in [3.05, 3.63) is 41.0 Å². The highest BCUT2D eigenvalue weighted by molar-refractivity contribution is 6.33. The predicted octanol–water partition coefficient (Wildman–Crippen LogP) is 2.60. The summed E-state index contributed by atoms with van der Waals surface area (Å²) in [5.74, 6) is -1.39. The summed E-state index contributed by atoms with van der Waals surface area (Å²) in [4.78, 5) is 23.1. The molecule has 1 amide bonds. The highest BCUT2D eigenvalue weighted by Crippen LogP contribution is 2.31. The van der Waals surface area contributed by atoms with Crippen LogP contribution in [0.2, 0.25) is 5.02 Å². The molecule has 0 aliphatic carbocycles. The van der Waals surface area contributed by atoms with Crippen LogP contribution in [0.5, 0.6) is 0 Å². The first kappa shape index (κ1) is 17.0. The molecule has 0 saturated heterocycles. The molecule has 23 heavy (non-hydrogen) atoms. The minimum Gasteiger partial charge on any atom is -0.452 e. The van der Waals surface area contributed by atoms with Crippen molar-refractivity contribution in [2.75, 3.05) is 6.61 Å². The standard InChI is InChI=1S/C16H18ClN3O3/c1-16(2,3)20-8-11(15(22)23-9-13(18)21)14(19-20)10-6-4-5-7-12(10)17/h4-8H,9H2,1-3H3,(H2,18,21). The number of nitrogens with zero attached hydrogens (tertiary/aromatic N) is 2. The largest absolute Gasteiger partial charge is 0.452 e. The third-order valence-electron chi connectivity index (χ3n) is 3.10. The van der Waals surface area contributed by atoms with Crippen LogP contribution in [0, 0.1) is 0 Å². The van der Waals surface area contributed by atoms with E-state index >= 15 is 0 Å². The fourth-order valence-electron chi connectivity index (χ4n) is 1.93. The molecule has 6 nitrogen and oxygen atoms in total. The number of hydrogen-bond donors (Lipinski definition) is 1. The van der Waals surface area contributed by atoms with Crippen molar-refractivity contribution in [3.8, 4) is 11.3 Å². The summed E-state index contributed by atoms with van der Waals surface area (Å²) in [5.41, 5.74) is 5.92. The smallest absolute Gasteiger partial charge is 0.342 e. The summed E-state index contributed by atoms with van der Waals surface area (Å²) in [6.07, 6.45) is 1.59. The van der Waals surface area contributed by atoms with Crippen LogP contribution in [0.4, 0.5) is 0 Å². The molecule has 2 aromatic rings. The fourth-order valence-corrected chi connectivity index (χ4v) is 2.16. The van der Waals surface area contributed by atoms with E-state index in [0.29, 0.717) is 16.3 Å². The van der Waals surface area contributed by atoms with E-state index in [4.69, 9.17) is 22.1 Å². The number of halogens is 1. The molecular formula is C16H18ClN3O3. The lowest BCUT2D eigenvalue weighted by Crippen LogP contribution is -2.22. The minimum absolute atomic E-state index is 0.231. The predicted molar refractivity (Wildman–Crippen MR) is 87.1 cm³/mol. The summed E-state index contributed by atoms with van der Waals surface area (Å²) in [7, 11) is 0. The van der Waals surface area contributed by atoms with Gasteiger partial charge < -0.3 is 10.5 Å². The molecule has 0 saturated carbocycles. The van der Waals surface area contributed by atoms with Gasteiger partial charge in [0.25, 0.3) is 5.91 Å². The molecule has 2 N–H and O–H groups in total. The zero-order valence-corrected chi connectivity index (χ0v) is 13.9. The Labute approximate surface area is 139 Å². The molecule has 0 bridgehead atoms. The van der Waals surface area contributed by atoms with Crippen LogP contribution in [0.1, 0.15) is 31.1 Å². The molecule has 0 aliphatic heterocycles. The maximum absolute atomic E-state index is 12.3. The van der Waals surface area contributed by atoms with Gasteiger partial charge in [-0.15, -0.1) is 0 Å². The van der Waals surface area contributed by atoms with Gasteiger partial charge in [0.2, 0.25) is 0 Å². The number of amides is 1. The molecule has 122 valence electrons. The van der Waals surface area contributed by atoms with Crippen molar-refractivity contribution in [2.24, 2.45) is 5.73 Å². The van der Waals surface area contributed by atoms with Crippen LogP contribution >= 0.6 is 11.6 Å². The molecular weight excluding hydrogens is 318 g/mol. The first-order chi connectivity index (χ1) is 10.7. The van der Waals surface area contributed by atoms with Gasteiger partial charge in [-0.1, -0.05) is 29.8 Å². The maximum Gasteiger partial charge on any atom is 0.342 e. The Kier molecular flexibility index (Phi) is 4.75. The Hall–Kier alpha value is -2.34. The SMILES string of the molecule is CC(C)(C)n1cc(C(=O)OCC(N)=O)c(-c2ccccc2Cl)n1. The van der Waals surface area contributed by atoms with Gasteiger partial charge in [-0.25, -0.2) is 4.79 Å². The molecule has 0 unspecified atom stereocenters. The average molecular weight is 336 g/mol. The number of primary amides is 1. The quantitative estimate of drug-likeness (QED) is 0.870. The average Bonchev–Trinajstić information content (AvgIpc) is 2.90. The Balaban J connectivity index is 2.51. The maximum atomic E-state index is 12.3.